The molecule has 1 aliphatic heterocycles. The second-order valence-corrected chi connectivity index (χ2v) is 11.6. The van der Waals surface area contributed by atoms with Gasteiger partial charge in [0.15, 0.2) is 0 Å². The predicted octanol–water partition coefficient (Wildman–Crippen LogP) is 5.87. The lowest BCUT2D eigenvalue weighted by Gasteiger charge is -2.60. The Morgan fingerprint density at radius 2 is 1.83 bits per heavy atom. The highest BCUT2D eigenvalue weighted by atomic mass is 16.3. The van der Waals surface area contributed by atoms with E-state index >= 15 is 0 Å². The lowest BCUT2D eigenvalue weighted by atomic mass is 9.45. The normalized spacial score (nSPS) is 49.5. The van der Waals surface area contributed by atoms with Crippen LogP contribution in [0.15, 0.2) is 22.8 Å². The highest BCUT2D eigenvalue weighted by molar-refractivity contribution is 5.37. The van der Waals surface area contributed by atoms with Gasteiger partial charge in [0, 0.05) is 6.54 Å². The molecule has 4 aliphatic carbocycles. The topological polar surface area (TPSA) is 32.3 Å². The molecule has 0 aromatic carbocycles. The summed E-state index contributed by atoms with van der Waals surface area (Å²) in [6.07, 6.45) is 13.8. The molecule has 5 aliphatic rings. The molecule has 0 aromatic rings. The maximum Gasteiger partial charge on any atom is 0.0577 e. The van der Waals surface area contributed by atoms with Crippen molar-refractivity contribution in [1.29, 1.82) is 0 Å². The van der Waals surface area contributed by atoms with Crippen molar-refractivity contribution in [3.8, 4) is 0 Å². The highest BCUT2D eigenvalue weighted by Crippen LogP contribution is 2.68. The monoisotopic (exact) mass is 397 g/mol. The van der Waals surface area contributed by atoms with Gasteiger partial charge < -0.3 is 10.4 Å². The molecule has 162 valence electrons. The molecule has 5 rings (SSSR count). The van der Waals surface area contributed by atoms with Crippen LogP contribution in [0.2, 0.25) is 0 Å². The average molecular weight is 398 g/mol. The second kappa shape index (κ2) is 7.23. The standard InChI is InChI=1S/C27H43NO/c1-5-17-13-20-15-21(29)7-10-26(20,3)22-8-11-27(4)23(24(17)22)14-18(6-2)25(27)19-9-12-28-16-19/h13,17,19,21-24,28-29H,5-12,14-16H2,1-4H3/t17-,19?,21-,22-,23-,24+,26-,27-/m0/s1. The van der Waals surface area contributed by atoms with Crippen LogP contribution in [0.4, 0.5) is 0 Å². The van der Waals surface area contributed by atoms with E-state index in [2.05, 4.69) is 39.1 Å². The first-order chi connectivity index (χ1) is 13.9. The summed E-state index contributed by atoms with van der Waals surface area (Å²) < 4.78 is 0. The fourth-order valence-electron chi connectivity index (χ4n) is 9.00. The quantitative estimate of drug-likeness (QED) is 0.584. The summed E-state index contributed by atoms with van der Waals surface area (Å²) in [7, 11) is 0. The summed E-state index contributed by atoms with van der Waals surface area (Å²) in [5.41, 5.74) is 6.14. The Hall–Kier alpha value is -0.600. The van der Waals surface area contributed by atoms with Crippen molar-refractivity contribution in [2.24, 2.45) is 40.4 Å². The molecule has 8 atom stereocenters. The van der Waals surface area contributed by atoms with E-state index in [0.717, 1.165) is 42.4 Å². The van der Waals surface area contributed by atoms with Crippen molar-refractivity contribution < 1.29 is 5.11 Å². The van der Waals surface area contributed by atoms with Crippen LogP contribution >= 0.6 is 0 Å². The van der Waals surface area contributed by atoms with Gasteiger partial charge in [0.2, 0.25) is 0 Å². The Labute approximate surface area is 178 Å². The van der Waals surface area contributed by atoms with Gasteiger partial charge in [-0.25, -0.2) is 0 Å². The van der Waals surface area contributed by atoms with Crippen LogP contribution in [-0.2, 0) is 0 Å². The Morgan fingerprint density at radius 3 is 2.52 bits per heavy atom. The van der Waals surface area contributed by atoms with Gasteiger partial charge in [0.1, 0.15) is 0 Å². The van der Waals surface area contributed by atoms with Crippen LogP contribution in [-0.4, -0.2) is 24.3 Å². The zero-order valence-corrected chi connectivity index (χ0v) is 19.3. The Bertz CT molecular complexity index is 716. The number of rotatable bonds is 3. The molecule has 0 bridgehead atoms. The Balaban J connectivity index is 1.54. The predicted molar refractivity (Wildman–Crippen MR) is 121 cm³/mol. The van der Waals surface area contributed by atoms with E-state index < -0.39 is 0 Å². The third-order valence-corrected chi connectivity index (χ3v) is 10.5. The molecule has 2 nitrogen and oxygen atoms in total. The second-order valence-electron chi connectivity index (χ2n) is 11.6. The van der Waals surface area contributed by atoms with Crippen molar-refractivity contribution in [1.82, 2.24) is 5.32 Å². The van der Waals surface area contributed by atoms with E-state index in [-0.39, 0.29) is 6.10 Å². The van der Waals surface area contributed by atoms with Crippen LogP contribution in [0.3, 0.4) is 0 Å². The SMILES string of the molecule is CCC1=C(C2CCNC2)[C@@]2(C)CC[C@H]3[C@@H]([C@@H](CC)C=C4C[C@@H](O)CC[C@@]43C)[C@@H]2C1. The van der Waals surface area contributed by atoms with Crippen molar-refractivity contribution >= 4 is 0 Å². The number of hydrogen-bond donors (Lipinski definition) is 2. The van der Waals surface area contributed by atoms with Crippen molar-refractivity contribution in [3.05, 3.63) is 22.8 Å². The van der Waals surface area contributed by atoms with Gasteiger partial charge in [-0.3, -0.25) is 0 Å². The first-order valence-corrected chi connectivity index (χ1v) is 12.7. The molecule has 0 amide bonds. The summed E-state index contributed by atoms with van der Waals surface area (Å²) in [5, 5.41) is 14.0. The molecule has 0 spiro atoms. The summed E-state index contributed by atoms with van der Waals surface area (Å²) in [4.78, 5) is 0. The van der Waals surface area contributed by atoms with E-state index in [1.54, 1.807) is 5.57 Å². The molecule has 2 saturated carbocycles. The first-order valence-electron chi connectivity index (χ1n) is 12.7. The Morgan fingerprint density at radius 1 is 1.03 bits per heavy atom. The zero-order valence-electron chi connectivity index (χ0n) is 19.3. The fraction of sp³-hybridized carbons (Fsp3) is 0.852. The van der Waals surface area contributed by atoms with Gasteiger partial charge in [0.05, 0.1) is 6.10 Å². The van der Waals surface area contributed by atoms with Gasteiger partial charge in [-0.1, -0.05) is 50.5 Å². The van der Waals surface area contributed by atoms with Crippen LogP contribution < -0.4 is 5.32 Å². The third kappa shape index (κ3) is 2.88. The first kappa shape index (κ1) is 20.3. The van der Waals surface area contributed by atoms with Crippen LogP contribution in [0, 0.1) is 40.4 Å². The lowest BCUT2D eigenvalue weighted by Crippen LogP contribution is -2.53. The maximum absolute atomic E-state index is 10.4. The number of hydrogen-bond acceptors (Lipinski definition) is 2. The van der Waals surface area contributed by atoms with Crippen LogP contribution in [0.5, 0.6) is 0 Å². The minimum atomic E-state index is -0.0986. The smallest absolute Gasteiger partial charge is 0.0577 e. The summed E-state index contributed by atoms with van der Waals surface area (Å²) in [6.45, 7) is 12.5. The van der Waals surface area contributed by atoms with Gasteiger partial charge in [-0.15, -0.1) is 0 Å². The van der Waals surface area contributed by atoms with Crippen LogP contribution in [0.25, 0.3) is 0 Å². The molecule has 0 radical (unpaired) electrons. The Kier molecular flexibility index (Phi) is 5.06. The van der Waals surface area contributed by atoms with E-state index in [4.69, 9.17) is 0 Å². The number of nitrogens with one attached hydrogen (secondary N) is 1. The van der Waals surface area contributed by atoms with Gasteiger partial charge in [0.25, 0.3) is 0 Å². The lowest BCUT2D eigenvalue weighted by molar-refractivity contribution is -0.0537. The number of aliphatic hydroxyl groups excluding tert-OH is 1. The van der Waals surface area contributed by atoms with Gasteiger partial charge in [-0.2, -0.15) is 0 Å². The molecule has 1 heterocycles. The van der Waals surface area contributed by atoms with Crippen LogP contribution in [0.1, 0.15) is 85.5 Å². The third-order valence-electron chi connectivity index (χ3n) is 10.5. The minimum Gasteiger partial charge on any atom is -0.393 e. The maximum atomic E-state index is 10.4. The number of allylic oxidation sites excluding steroid dienone is 2. The summed E-state index contributed by atoms with van der Waals surface area (Å²) in [5.74, 6) is 4.04. The number of aliphatic hydroxyl groups is 1. The van der Waals surface area contributed by atoms with Gasteiger partial charge >= 0.3 is 0 Å². The van der Waals surface area contributed by atoms with E-state index in [1.807, 2.05) is 11.1 Å². The average Bonchev–Trinajstić information content (AvgIpc) is 3.32. The molecule has 3 fully saturated rings. The molecule has 2 N–H and O–H groups in total. The van der Waals surface area contributed by atoms with E-state index in [1.165, 1.54) is 58.0 Å². The minimum absolute atomic E-state index is 0.0986. The van der Waals surface area contributed by atoms with Crippen molar-refractivity contribution in [3.63, 3.8) is 0 Å². The van der Waals surface area contributed by atoms with Gasteiger partial charge in [-0.05, 0) is 105 Å². The molecule has 0 aromatic heterocycles. The molecule has 1 unspecified atom stereocenters. The molecule has 29 heavy (non-hydrogen) atoms. The van der Waals surface area contributed by atoms with E-state index in [0.29, 0.717) is 10.8 Å². The molecular formula is C27H43NO. The molecule has 2 heteroatoms. The highest BCUT2D eigenvalue weighted by Gasteiger charge is 2.60. The van der Waals surface area contributed by atoms with E-state index in [9.17, 15) is 5.11 Å². The number of fused-ring (bicyclic) bond motifs is 5. The molecule has 1 saturated heterocycles. The summed E-state index contributed by atoms with van der Waals surface area (Å²) in [6, 6.07) is 0. The zero-order chi connectivity index (χ0) is 20.4. The van der Waals surface area contributed by atoms with Crippen molar-refractivity contribution in [2.75, 3.05) is 13.1 Å². The molecular weight excluding hydrogens is 354 g/mol. The fourth-order valence-corrected chi connectivity index (χ4v) is 9.00. The van der Waals surface area contributed by atoms with Crippen molar-refractivity contribution in [2.45, 2.75) is 91.6 Å². The summed E-state index contributed by atoms with van der Waals surface area (Å²) >= 11 is 0. The largest absolute Gasteiger partial charge is 0.393 e.